The van der Waals surface area contributed by atoms with Crippen LogP contribution in [0, 0.1) is 6.92 Å². The Kier molecular flexibility index (Phi) is 6.28. The number of benzene rings is 2. The normalized spacial score (nSPS) is 12.2. The van der Waals surface area contributed by atoms with E-state index in [1.165, 1.54) is 24.0 Å². The summed E-state index contributed by atoms with van der Waals surface area (Å²) in [6, 6.07) is 15.6. The van der Waals surface area contributed by atoms with Crippen molar-refractivity contribution in [3.63, 3.8) is 0 Å². The number of hydrogen-bond acceptors (Lipinski definition) is 7. The van der Waals surface area contributed by atoms with Gasteiger partial charge in [0.05, 0.1) is 18.2 Å². The Hall–Kier alpha value is -3.16. The molecule has 0 saturated heterocycles. The number of esters is 1. The Morgan fingerprint density at radius 3 is 2.55 bits per heavy atom. The van der Waals surface area contributed by atoms with Crippen LogP contribution < -0.4 is 10.8 Å². The fourth-order valence-electron chi connectivity index (χ4n) is 3.34. The van der Waals surface area contributed by atoms with Crippen molar-refractivity contribution in [2.75, 3.05) is 12.5 Å². The van der Waals surface area contributed by atoms with Crippen molar-refractivity contribution in [2.24, 2.45) is 5.10 Å². The molecule has 170 valence electrons. The molecule has 1 N–H and O–H groups in total. The molecule has 4 aromatic rings. The van der Waals surface area contributed by atoms with Gasteiger partial charge in [-0.25, -0.2) is 9.78 Å². The Balaban J connectivity index is 1.78. The number of thiazole rings is 1. The first kappa shape index (κ1) is 23.0. The number of ether oxygens (including phenoxy) is 1. The zero-order valence-electron chi connectivity index (χ0n) is 19.0. The summed E-state index contributed by atoms with van der Waals surface area (Å²) in [5, 5.41) is 7.02. The molecule has 0 atom stereocenters. The summed E-state index contributed by atoms with van der Waals surface area (Å²) in [7, 11) is 1.35. The van der Waals surface area contributed by atoms with E-state index in [4.69, 9.17) is 20.8 Å². The van der Waals surface area contributed by atoms with E-state index in [2.05, 4.69) is 48.4 Å². The number of fused-ring (bicyclic) bond motifs is 1. The highest BCUT2D eigenvalue weighted by Crippen LogP contribution is 2.28. The van der Waals surface area contributed by atoms with Gasteiger partial charge in [0, 0.05) is 22.0 Å². The third-order valence-corrected chi connectivity index (χ3v) is 6.46. The third-order valence-electron chi connectivity index (χ3n) is 5.18. The number of aryl methyl sites for hydroxylation is 1. The fraction of sp³-hybridized carbons (Fsp3) is 0.240. The van der Waals surface area contributed by atoms with Gasteiger partial charge in [0.2, 0.25) is 5.13 Å². The molecule has 8 heteroatoms. The summed E-state index contributed by atoms with van der Waals surface area (Å²) in [4.78, 5) is 16.7. The van der Waals surface area contributed by atoms with Crippen LogP contribution in [-0.2, 0) is 10.2 Å². The molecular formula is C25H24ClN3O3S. The third kappa shape index (κ3) is 4.94. The maximum absolute atomic E-state index is 11.9. The zero-order chi connectivity index (χ0) is 23.8. The Bertz CT molecular complexity index is 1400. The average molecular weight is 482 g/mol. The predicted octanol–water partition coefficient (Wildman–Crippen LogP) is 6.53. The van der Waals surface area contributed by atoms with Crippen LogP contribution in [0.4, 0.5) is 5.13 Å². The SMILES string of the molecule is COC(=O)c1sc(N/N=c2\cc(-c3ccc(C(C)(C)C)cc3)oc3ccc(Cl)cc23)nc1C. The number of rotatable bonds is 4. The predicted molar refractivity (Wildman–Crippen MR) is 133 cm³/mol. The molecule has 4 rings (SSSR count). The zero-order valence-corrected chi connectivity index (χ0v) is 20.6. The number of carbonyl (C=O) groups is 1. The van der Waals surface area contributed by atoms with Gasteiger partial charge in [0.25, 0.3) is 0 Å². The number of anilines is 1. The van der Waals surface area contributed by atoms with Crippen molar-refractivity contribution in [2.45, 2.75) is 33.1 Å². The van der Waals surface area contributed by atoms with Gasteiger partial charge in [-0.1, -0.05) is 68.0 Å². The first-order valence-electron chi connectivity index (χ1n) is 10.4. The molecule has 0 spiro atoms. The number of methoxy groups -OCH3 is 1. The molecule has 2 aromatic carbocycles. The van der Waals surface area contributed by atoms with E-state index in [9.17, 15) is 4.79 Å². The average Bonchev–Trinajstić information content (AvgIpc) is 3.16. The lowest BCUT2D eigenvalue weighted by Gasteiger charge is -2.19. The topological polar surface area (TPSA) is 76.7 Å². The maximum atomic E-state index is 11.9. The van der Waals surface area contributed by atoms with Crippen LogP contribution in [0.25, 0.3) is 22.3 Å². The van der Waals surface area contributed by atoms with E-state index in [0.29, 0.717) is 37.4 Å². The lowest BCUT2D eigenvalue weighted by molar-refractivity contribution is 0.0605. The van der Waals surface area contributed by atoms with E-state index in [-0.39, 0.29) is 5.41 Å². The van der Waals surface area contributed by atoms with Gasteiger partial charge in [-0.2, -0.15) is 5.10 Å². The van der Waals surface area contributed by atoms with Crippen LogP contribution >= 0.6 is 22.9 Å². The summed E-state index contributed by atoms with van der Waals surface area (Å²) in [5.74, 6) is 0.256. The number of nitrogens with one attached hydrogen (secondary N) is 1. The second kappa shape index (κ2) is 9.00. The quantitative estimate of drug-likeness (QED) is 0.265. The van der Waals surface area contributed by atoms with Crippen LogP contribution in [0.3, 0.4) is 0 Å². The van der Waals surface area contributed by atoms with Crippen LogP contribution in [0.15, 0.2) is 58.0 Å². The number of hydrogen-bond donors (Lipinski definition) is 1. The van der Waals surface area contributed by atoms with Crippen molar-refractivity contribution in [3.05, 3.63) is 75.0 Å². The molecule has 0 aliphatic rings. The summed E-state index contributed by atoms with van der Waals surface area (Å²) in [5.41, 5.74) is 6.44. The molecule has 0 amide bonds. The van der Waals surface area contributed by atoms with Gasteiger partial charge >= 0.3 is 5.97 Å². The highest BCUT2D eigenvalue weighted by Gasteiger charge is 2.16. The Morgan fingerprint density at radius 2 is 1.88 bits per heavy atom. The molecule has 0 aliphatic carbocycles. The summed E-state index contributed by atoms with van der Waals surface area (Å²) in [6.45, 7) is 8.30. The minimum absolute atomic E-state index is 0.0646. The first-order valence-corrected chi connectivity index (χ1v) is 11.5. The van der Waals surface area contributed by atoms with Crippen molar-refractivity contribution in [1.82, 2.24) is 4.98 Å². The van der Waals surface area contributed by atoms with E-state index in [1.807, 2.05) is 24.3 Å². The van der Waals surface area contributed by atoms with Crippen molar-refractivity contribution in [3.8, 4) is 11.3 Å². The molecule has 0 bridgehead atoms. The Morgan fingerprint density at radius 1 is 1.15 bits per heavy atom. The summed E-state index contributed by atoms with van der Waals surface area (Å²) >= 11 is 7.42. The van der Waals surface area contributed by atoms with Gasteiger partial charge in [-0.15, -0.1) is 0 Å². The maximum Gasteiger partial charge on any atom is 0.350 e. The highest BCUT2D eigenvalue weighted by atomic mass is 35.5. The van der Waals surface area contributed by atoms with Gasteiger partial charge in [-0.3, -0.25) is 5.43 Å². The van der Waals surface area contributed by atoms with Crippen LogP contribution in [0.5, 0.6) is 0 Å². The molecular weight excluding hydrogens is 458 g/mol. The molecule has 2 heterocycles. The Labute approximate surface area is 200 Å². The standard InChI is InChI=1S/C25H24ClN3O3S/c1-14-22(23(30)31-5)33-24(27-14)29-28-19-13-21(32-20-11-10-17(26)12-18(19)20)15-6-8-16(9-7-15)25(2,3)4/h6-13H,1-5H3,(H,27,29)/b28-19+. The number of halogens is 1. The first-order chi connectivity index (χ1) is 15.7. The molecule has 0 radical (unpaired) electrons. The van der Waals surface area contributed by atoms with E-state index >= 15 is 0 Å². The molecule has 2 aromatic heterocycles. The lowest BCUT2D eigenvalue weighted by atomic mass is 9.86. The minimum Gasteiger partial charge on any atom is -0.465 e. The van der Waals surface area contributed by atoms with E-state index < -0.39 is 5.97 Å². The second-order valence-corrected chi connectivity index (χ2v) is 10.0. The van der Waals surface area contributed by atoms with Gasteiger partial charge in [0.15, 0.2) is 0 Å². The van der Waals surface area contributed by atoms with Crippen LogP contribution in [0.1, 0.15) is 41.7 Å². The van der Waals surface area contributed by atoms with E-state index in [1.54, 1.807) is 19.1 Å². The highest BCUT2D eigenvalue weighted by molar-refractivity contribution is 7.17. The molecule has 0 saturated carbocycles. The molecule has 6 nitrogen and oxygen atoms in total. The van der Waals surface area contributed by atoms with Crippen molar-refractivity contribution in [1.29, 1.82) is 0 Å². The summed E-state index contributed by atoms with van der Waals surface area (Å²) in [6.07, 6.45) is 0. The van der Waals surface area contributed by atoms with Crippen molar-refractivity contribution >= 4 is 45.0 Å². The van der Waals surface area contributed by atoms with Gasteiger partial charge in [-0.05, 0) is 36.1 Å². The molecule has 0 fully saturated rings. The molecule has 0 unspecified atom stereocenters. The second-order valence-electron chi connectivity index (χ2n) is 8.61. The van der Waals surface area contributed by atoms with Gasteiger partial charge in [0.1, 0.15) is 16.2 Å². The smallest absolute Gasteiger partial charge is 0.350 e. The molecule has 33 heavy (non-hydrogen) atoms. The largest absolute Gasteiger partial charge is 0.465 e. The van der Waals surface area contributed by atoms with E-state index in [0.717, 1.165) is 10.9 Å². The van der Waals surface area contributed by atoms with Crippen LogP contribution in [0.2, 0.25) is 5.02 Å². The summed E-state index contributed by atoms with van der Waals surface area (Å²) < 4.78 is 11.0. The monoisotopic (exact) mass is 481 g/mol. The number of nitrogens with zero attached hydrogens (tertiary/aromatic N) is 2. The minimum atomic E-state index is -0.421. The molecule has 0 aliphatic heterocycles. The van der Waals surface area contributed by atoms with Crippen molar-refractivity contribution < 1.29 is 13.9 Å². The van der Waals surface area contributed by atoms with Gasteiger partial charge < -0.3 is 9.15 Å². The fourth-order valence-corrected chi connectivity index (χ4v) is 4.34. The number of aromatic nitrogens is 1. The number of carbonyl (C=O) groups excluding carboxylic acids is 1. The van der Waals surface area contributed by atoms with Crippen LogP contribution in [-0.4, -0.2) is 18.1 Å². The lowest BCUT2D eigenvalue weighted by Crippen LogP contribution is -2.10.